The maximum absolute atomic E-state index is 11.4. The van der Waals surface area contributed by atoms with Crippen LogP contribution in [0, 0.1) is 23.7 Å². The number of esters is 1. The van der Waals surface area contributed by atoms with Gasteiger partial charge < -0.3 is 29.2 Å². The van der Waals surface area contributed by atoms with E-state index >= 15 is 0 Å². The lowest BCUT2D eigenvalue weighted by molar-refractivity contribution is -0.301. The van der Waals surface area contributed by atoms with Crippen LogP contribution in [0.5, 0.6) is 0 Å². The second kappa shape index (κ2) is 11.2. The Bertz CT molecular complexity index is 777. The molecule has 2 fully saturated rings. The molecule has 2 heterocycles. The van der Waals surface area contributed by atoms with Gasteiger partial charge in [-0.3, -0.25) is 4.79 Å². The summed E-state index contributed by atoms with van der Waals surface area (Å²) in [5.74, 6) is 2.21. The first-order valence-electron chi connectivity index (χ1n) is 13.0. The van der Waals surface area contributed by atoms with Crippen molar-refractivity contribution in [3.63, 3.8) is 0 Å². The summed E-state index contributed by atoms with van der Waals surface area (Å²) in [5.41, 5.74) is 3.13. The molecule has 4 unspecified atom stereocenters. The van der Waals surface area contributed by atoms with Gasteiger partial charge in [-0.25, -0.2) is 0 Å². The normalized spacial score (nSPS) is 40.9. The molecule has 7 nitrogen and oxygen atoms in total. The number of hydrogen-bond acceptors (Lipinski definition) is 7. The number of hydrogen-bond donors (Lipinski definition) is 2. The van der Waals surface area contributed by atoms with E-state index in [2.05, 4.69) is 32.9 Å². The van der Waals surface area contributed by atoms with Crippen LogP contribution in [0.1, 0.15) is 72.6 Å². The van der Waals surface area contributed by atoms with Crippen LogP contribution in [0.25, 0.3) is 0 Å². The zero-order valence-corrected chi connectivity index (χ0v) is 21.0. The van der Waals surface area contributed by atoms with Crippen molar-refractivity contribution in [1.29, 1.82) is 0 Å². The molecular weight excluding hydrogens is 436 g/mol. The van der Waals surface area contributed by atoms with E-state index in [0.717, 1.165) is 18.8 Å². The molecule has 2 aliphatic carbocycles. The van der Waals surface area contributed by atoms with E-state index in [1.807, 2.05) is 0 Å². The summed E-state index contributed by atoms with van der Waals surface area (Å²) in [6.07, 6.45) is 6.90. The number of aliphatic hydroxyl groups excluding tert-OH is 2. The summed E-state index contributed by atoms with van der Waals surface area (Å²) < 4.78 is 22.6. The molecule has 0 aromatic carbocycles. The summed E-state index contributed by atoms with van der Waals surface area (Å²) >= 11 is 0. The molecule has 4 aliphatic rings. The maximum Gasteiger partial charge on any atom is 0.303 e. The largest absolute Gasteiger partial charge is 0.457 e. The second-order valence-corrected chi connectivity index (χ2v) is 10.8. The quantitative estimate of drug-likeness (QED) is 0.326. The summed E-state index contributed by atoms with van der Waals surface area (Å²) in [6.45, 7) is 8.39. The van der Waals surface area contributed by atoms with Gasteiger partial charge in [0, 0.05) is 6.92 Å². The summed E-state index contributed by atoms with van der Waals surface area (Å²) in [6, 6.07) is 0. The number of aliphatic hydroxyl groups is 2. The minimum Gasteiger partial charge on any atom is -0.457 e. The van der Waals surface area contributed by atoms with Crippen molar-refractivity contribution in [2.45, 2.75) is 110 Å². The predicted molar refractivity (Wildman–Crippen MR) is 127 cm³/mol. The highest BCUT2D eigenvalue weighted by Gasteiger charge is 2.49. The fourth-order valence-electron chi connectivity index (χ4n) is 6.32. The number of carbonyl (C=O) groups excluding carboxylic acids is 1. The lowest BCUT2D eigenvalue weighted by atomic mass is 9.63. The molecule has 4 rings (SSSR count). The Labute approximate surface area is 203 Å². The Kier molecular flexibility index (Phi) is 8.52. The van der Waals surface area contributed by atoms with Crippen molar-refractivity contribution in [2.75, 3.05) is 6.61 Å². The SMILES string of the molecule is CC(=O)O[C@@H]1C2COC(CCCCC(C)[C@@H]3CC=C(C)[C@H]4CCC(C)=C[C@H]43)OC(O2)[C@H](O)[C@H]1O. The summed E-state index contributed by atoms with van der Waals surface area (Å²) in [4.78, 5) is 11.4. The number of allylic oxidation sites excluding steroid dienone is 4. The first-order valence-corrected chi connectivity index (χ1v) is 13.0. The standard InChI is InChI=1S/C27H42O7/c1-15-9-11-19-17(3)10-12-20(21(19)13-15)16(2)7-5-6-8-23-31-14-22-26(32-18(4)28)24(29)25(30)27(33-22)34-23/h10,13,16,19-27,29-30H,5-9,11-12,14H2,1-4H3/t16?,19-,20+,21-,22?,23?,24-,25-,26-,27?/m1/s1. The van der Waals surface area contributed by atoms with Crippen LogP contribution in [0.2, 0.25) is 0 Å². The van der Waals surface area contributed by atoms with Crippen LogP contribution in [0.3, 0.4) is 0 Å². The van der Waals surface area contributed by atoms with E-state index in [4.69, 9.17) is 18.9 Å². The van der Waals surface area contributed by atoms with Crippen molar-refractivity contribution >= 4 is 5.97 Å². The summed E-state index contributed by atoms with van der Waals surface area (Å²) in [5, 5.41) is 20.7. The monoisotopic (exact) mass is 478 g/mol. The molecule has 0 aromatic heterocycles. The Morgan fingerprint density at radius 2 is 2.00 bits per heavy atom. The number of fused-ring (bicyclic) bond motifs is 3. The smallest absolute Gasteiger partial charge is 0.303 e. The molecule has 0 spiro atoms. The van der Waals surface area contributed by atoms with Crippen LogP contribution in [0.15, 0.2) is 23.3 Å². The Balaban J connectivity index is 1.26. The first kappa shape index (κ1) is 25.8. The molecule has 2 saturated heterocycles. The highest BCUT2D eigenvalue weighted by atomic mass is 16.8. The van der Waals surface area contributed by atoms with Gasteiger partial charge in [0.05, 0.1) is 6.61 Å². The highest BCUT2D eigenvalue weighted by molar-refractivity contribution is 5.66. The molecule has 192 valence electrons. The third kappa shape index (κ3) is 5.76. The fourth-order valence-corrected chi connectivity index (χ4v) is 6.32. The van der Waals surface area contributed by atoms with Crippen molar-refractivity contribution in [2.24, 2.45) is 23.7 Å². The van der Waals surface area contributed by atoms with E-state index in [1.165, 1.54) is 32.6 Å². The van der Waals surface area contributed by atoms with Crippen molar-refractivity contribution < 1.29 is 34.0 Å². The van der Waals surface area contributed by atoms with Gasteiger partial charge in [0.1, 0.15) is 18.3 Å². The predicted octanol–water partition coefficient (Wildman–Crippen LogP) is 3.87. The molecule has 34 heavy (non-hydrogen) atoms. The highest BCUT2D eigenvalue weighted by Crippen LogP contribution is 2.46. The van der Waals surface area contributed by atoms with Crippen molar-refractivity contribution in [3.05, 3.63) is 23.3 Å². The minimum atomic E-state index is -1.30. The number of rotatable bonds is 7. The van der Waals surface area contributed by atoms with E-state index in [9.17, 15) is 15.0 Å². The van der Waals surface area contributed by atoms with Crippen LogP contribution in [0.4, 0.5) is 0 Å². The van der Waals surface area contributed by atoms with Gasteiger partial charge >= 0.3 is 5.97 Å². The molecule has 0 saturated carbocycles. The van der Waals surface area contributed by atoms with Gasteiger partial charge in [-0.2, -0.15) is 0 Å². The molecule has 2 bridgehead atoms. The molecule has 7 heteroatoms. The fraction of sp³-hybridized carbons (Fsp3) is 0.815. The minimum absolute atomic E-state index is 0.141. The van der Waals surface area contributed by atoms with E-state index in [-0.39, 0.29) is 6.61 Å². The van der Waals surface area contributed by atoms with E-state index in [1.54, 1.807) is 11.1 Å². The molecular formula is C27H42O7. The van der Waals surface area contributed by atoms with E-state index in [0.29, 0.717) is 24.2 Å². The zero-order valence-electron chi connectivity index (χ0n) is 21.0. The average Bonchev–Trinajstić information content (AvgIpc) is 2.99. The van der Waals surface area contributed by atoms with Crippen LogP contribution in [-0.4, -0.2) is 59.8 Å². The maximum atomic E-state index is 11.4. The summed E-state index contributed by atoms with van der Waals surface area (Å²) in [7, 11) is 0. The first-order chi connectivity index (χ1) is 16.2. The van der Waals surface area contributed by atoms with Crippen LogP contribution in [-0.2, 0) is 23.7 Å². The molecule has 2 N–H and O–H groups in total. The Morgan fingerprint density at radius 1 is 1.21 bits per heavy atom. The molecule has 0 amide bonds. The third-order valence-corrected chi connectivity index (χ3v) is 8.34. The van der Waals surface area contributed by atoms with E-state index < -0.39 is 43.0 Å². The molecule has 0 aromatic rings. The molecule has 10 atom stereocenters. The molecule has 0 radical (unpaired) electrons. The lowest BCUT2D eigenvalue weighted by Gasteiger charge is -2.42. The third-order valence-electron chi connectivity index (χ3n) is 8.34. The van der Waals surface area contributed by atoms with Gasteiger partial charge in [-0.1, -0.05) is 43.1 Å². The Morgan fingerprint density at radius 3 is 2.76 bits per heavy atom. The van der Waals surface area contributed by atoms with Gasteiger partial charge in [-0.05, 0) is 69.6 Å². The number of ether oxygens (including phenoxy) is 4. The van der Waals surface area contributed by atoms with Crippen molar-refractivity contribution in [1.82, 2.24) is 0 Å². The van der Waals surface area contributed by atoms with Crippen molar-refractivity contribution in [3.8, 4) is 0 Å². The van der Waals surface area contributed by atoms with Crippen LogP contribution >= 0.6 is 0 Å². The lowest BCUT2D eigenvalue weighted by Crippen LogP contribution is -2.59. The zero-order chi connectivity index (χ0) is 24.4. The van der Waals surface area contributed by atoms with Gasteiger partial charge in [-0.15, -0.1) is 0 Å². The van der Waals surface area contributed by atoms with Crippen LogP contribution < -0.4 is 0 Å². The average molecular weight is 479 g/mol. The van der Waals surface area contributed by atoms with Gasteiger partial charge in [0.25, 0.3) is 0 Å². The topological polar surface area (TPSA) is 94.5 Å². The second-order valence-electron chi connectivity index (χ2n) is 10.8. The van der Waals surface area contributed by atoms with Gasteiger partial charge in [0.2, 0.25) is 0 Å². The van der Waals surface area contributed by atoms with Gasteiger partial charge in [0.15, 0.2) is 18.7 Å². The Hall–Kier alpha value is -1.25. The number of unbranched alkanes of at least 4 members (excludes halogenated alkanes) is 1. The molecule has 2 aliphatic heterocycles. The number of carbonyl (C=O) groups is 1.